The second-order valence-electron chi connectivity index (χ2n) is 5.91. The van der Waals surface area contributed by atoms with Crippen molar-refractivity contribution in [2.24, 2.45) is 5.92 Å². The van der Waals surface area contributed by atoms with Crippen LogP contribution < -0.4 is 15.0 Å². The van der Waals surface area contributed by atoms with E-state index in [2.05, 4.69) is 15.2 Å². The summed E-state index contributed by atoms with van der Waals surface area (Å²) in [6, 6.07) is 8.86. The molecule has 1 aliphatic rings. The monoisotopic (exact) mass is 379 g/mol. The van der Waals surface area contributed by atoms with Crippen LogP contribution in [0.1, 0.15) is 12.8 Å². The summed E-state index contributed by atoms with van der Waals surface area (Å²) in [5, 5.41) is 4.04. The normalized spacial score (nSPS) is 15.1. The summed E-state index contributed by atoms with van der Waals surface area (Å²) < 4.78 is 5.12. The molecule has 0 spiro atoms. The number of nitrogens with one attached hydrogen (secondary N) is 1. The van der Waals surface area contributed by atoms with Gasteiger partial charge in [0.25, 0.3) is 0 Å². The third-order valence-electron chi connectivity index (χ3n) is 4.32. The topological polar surface area (TPSA) is 54.5 Å². The number of rotatable bonds is 4. The number of benzene rings is 1. The average Bonchev–Trinajstić information content (AvgIpc) is 2.62. The van der Waals surface area contributed by atoms with Gasteiger partial charge in [0.15, 0.2) is 0 Å². The number of aromatic nitrogens is 1. The number of methoxy groups -OCH3 is 1. The fourth-order valence-electron chi connectivity index (χ4n) is 2.95. The van der Waals surface area contributed by atoms with Gasteiger partial charge in [0.1, 0.15) is 11.6 Å². The Hall–Kier alpha value is -1.98. The first-order chi connectivity index (χ1) is 12.1. The Kier molecular flexibility index (Phi) is 5.66. The molecular formula is C18H19Cl2N3O2. The summed E-state index contributed by atoms with van der Waals surface area (Å²) in [4.78, 5) is 19.0. The smallest absolute Gasteiger partial charge is 0.227 e. The number of hydrogen-bond acceptors (Lipinski definition) is 4. The minimum atomic E-state index is -0.0420. The number of carbonyl (C=O) groups excluding carboxylic acids is 1. The maximum Gasteiger partial charge on any atom is 0.227 e. The third kappa shape index (κ3) is 4.17. The first-order valence-corrected chi connectivity index (χ1v) is 8.84. The number of pyridine rings is 1. The summed E-state index contributed by atoms with van der Waals surface area (Å²) in [5.41, 5.74) is 0.672. The summed E-state index contributed by atoms with van der Waals surface area (Å²) >= 11 is 12.3. The summed E-state index contributed by atoms with van der Waals surface area (Å²) in [6.07, 6.45) is 3.23. The number of ether oxygens (including phenoxy) is 1. The van der Waals surface area contributed by atoms with E-state index in [0.29, 0.717) is 21.5 Å². The molecule has 7 heteroatoms. The Morgan fingerprint density at radius 1 is 1.24 bits per heavy atom. The number of amides is 1. The first kappa shape index (κ1) is 17.8. The molecule has 1 aromatic heterocycles. The van der Waals surface area contributed by atoms with Crippen molar-refractivity contribution in [1.82, 2.24) is 4.98 Å². The van der Waals surface area contributed by atoms with Crippen LogP contribution in [0.2, 0.25) is 10.0 Å². The molecular weight excluding hydrogens is 361 g/mol. The Balaban J connectivity index is 1.58. The molecule has 2 aromatic rings. The highest BCUT2D eigenvalue weighted by molar-refractivity contribution is 6.33. The molecule has 0 bridgehead atoms. The molecule has 132 valence electrons. The van der Waals surface area contributed by atoms with Gasteiger partial charge in [0.05, 0.1) is 17.2 Å². The highest BCUT2D eigenvalue weighted by atomic mass is 35.5. The van der Waals surface area contributed by atoms with Crippen LogP contribution in [0.4, 0.5) is 11.5 Å². The number of piperidine rings is 1. The van der Waals surface area contributed by atoms with Crippen molar-refractivity contribution in [3.63, 3.8) is 0 Å². The molecule has 0 aliphatic carbocycles. The molecule has 0 unspecified atom stereocenters. The van der Waals surface area contributed by atoms with Crippen LogP contribution in [-0.4, -0.2) is 31.1 Å². The van der Waals surface area contributed by atoms with Gasteiger partial charge in [-0.3, -0.25) is 4.79 Å². The average molecular weight is 380 g/mol. The van der Waals surface area contributed by atoms with Gasteiger partial charge in [0, 0.05) is 30.9 Å². The van der Waals surface area contributed by atoms with Gasteiger partial charge in [-0.15, -0.1) is 0 Å². The van der Waals surface area contributed by atoms with Crippen LogP contribution in [0, 0.1) is 5.92 Å². The van der Waals surface area contributed by atoms with E-state index in [1.165, 1.54) is 0 Å². The van der Waals surface area contributed by atoms with E-state index in [1.54, 1.807) is 31.5 Å². The molecule has 1 saturated heterocycles. The lowest BCUT2D eigenvalue weighted by Crippen LogP contribution is -2.38. The first-order valence-electron chi connectivity index (χ1n) is 8.08. The number of halogens is 2. The van der Waals surface area contributed by atoms with Crippen molar-refractivity contribution in [3.8, 4) is 5.75 Å². The molecule has 2 heterocycles. The Bertz CT molecular complexity index is 762. The van der Waals surface area contributed by atoms with E-state index in [0.717, 1.165) is 31.7 Å². The van der Waals surface area contributed by atoms with Crippen LogP contribution >= 0.6 is 23.2 Å². The Morgan fingerprint density at radius 2 is 2.00 bits per heavy atom. The predicted octanol–water partition coefficient (Wildman–Crippen LogP) is 4.25. The molecule has 1 aliphatic heterocycles. The molecule has 1 amide bonds. The molecule has 1 aromatic carbocycles. The van der Waals surface area contributed by atoms with Crippen molar-refractivity contribution >= 4 is 40.6 Å². The third-order valence-corrected chi connectivity index (χ3v) is 4.91. The minimum Gasteiger partial charge on any atom is -0.495 e. The maximum absolute atomic E-state index is 12.5. The highest BCUT2D eigenvalue weighted by Gasteiger charge is 2.26. The second kappa shape index (κ2) is 7.93. The zero-order chi connectivity index (χ0) is 17.8. The van der Waals surface area contributed by atoms with Gasteiger partial charge < -0.3 is 15.0 Å². The van der Waals surface area contributed by atoms with Crippen LogP contribution in [-0.2, 0) is 4.79 Å². The fourth-order valence-corrected chi connectivity index (χ4v) is 3.45. The quantitative estimate of drug-likeness (QED) is 0.862. The molecule has 25 heavy (non-hydrogen) atoms. The summed E-state index contributed by atoms with van der Waals surface area (Å²) in [5.74, 6) is 1.33. The van der Waals surface area contributed by atoms with E-state index in [9.17, 15) is 4.79 Å². The van der Waals surface area contributed by atoms with E-state index in [-0.39, 0.29) is 11.8 Å². The number of nitrogens with zero attached hydrogens (tertiary/aromatic N) is 2. The predicted molar refractivity (Wildman–Crippen MR) is 101 cm³/mol. The minimum absolute atomic E-state index is 0.00741. The molecule has 0 saturated carbocycles. The van der Waals surface area contributed by atoms with Gasteiger partial charge in [-0.05, 0) is 43.2 Å². The van der Waals surface area contributed by atoms with Gasteiger partial charge >= 0.3 is 0 Å². The van der Waals surface area contributed by atoms with Crippen molar-refractivity contribution < 1.29 is 9.53 Å². The van der Waals surface area contributed by atoms with E-state index in [1.807, 2.05) is 12.1 Å². The Morgan fingerprint density at radius 3 is 2.64 bits per heavy atom. The maximum atomic E-state index is 12.5. The zero-order valence-corrected chi connectivity index (χ0v) is 15.3. The summed E-state index contributed by atoms with van der Waals surface area (Å²) in [7, 11) is 1.56. The largest absolute Gasteiger partial charge is 0.495 e. The highest BCUT2D eigenvalue weighted by Crippen LogP contribution is 2.30. The molecule has 3 rings (SSSR count). The van der Waals surface area contributed by atoms with E-state index < -0.39 is 0 Å². The lowest BCUT2D eigenvalue weighted by atomic mass is 9.95. The standard InChI is InChI=1S/C18H19Cl2N3O2/c1-25-16-5-4-13(11-15(16)20)22-18(24)12-6-9-23(10-7-12)17-14(19)3-2-8-21-17/h2-5,8,11-12H,6-7,9-10H2,1H3,(H,22,24). The SMILES string of the molecule is COc1ccc(NC(=O)C2CCN(c3ncccc3Cl)CC2)cc1Cl. The van der Waals surface area contributed by atoms with Crippen molar-refractivity contribution in [2.45, 2.75) is 12.8 Å². The molecule has 0 atom stereocenters. The molecule has 1 fully saturated rings. The van der Waals surface area contributed by atoms with Crippen LogP contribution in [0.25, 0.3) is 0 Å². The summed E-state index contributed by atoms with van der Waals surface area (Å²) in [6.45, 7) is 1.50. The lowest BCUT2D eigenvalue weighted by Gasteiger charge is -2.32. The zero-order valence-electron chi connectivity index (χ0n) is 13.8. The molecule has 5 nitrogen and oxygen atoms in total. The van der Waals surface area contributed by atoms with Gasteiger partial charge in [-0.25, -0.2) is 4.98 Å². The van der Waals surface area contributed by atoms with E-state index >= 15 is 0 Å². The molecule has 1 N–H and O–H groups in total. The Labute approximate surface area is 156 Å². The van der Waals surface area contributed by atoms with Crippen LogP contribution in [0.5, 0.6) is 5.75 Å². The van der Waals surface area contributed by atoms with Crippen molar-refractivity contribution in [2.75, 3.05) is 30.4 Å². The van der Waals surface area contributed by atoms with Gasteiger partial charge in [0.2, 0.25) is 5.91 Å². The number of anilines is 2. The van der Waals surface area contributed by atoms with Crippen molar-refractivity contribution in [1.29, 1.82) is 0 Å². The lowest BCUT2D eigenvalue weighted by molar-refractivity contribution is -0.120. The number of carbonyl (C=O) groups is 1. The van der Waals surface area contributed by atoms with Crippen molar-refractivity contribution in [3.05, 3.63) is 46.6 Å². The van der Waals surface area contributed by atoms with Gasteiger partial charge in [-0.2, -0.15) is 0 Å². The number of hydrogen-bond donors (Lipinski definition) is 1. The van der Waals surface area contributed by atoms with Crippen LogP contribution in [0.3, 0.4) is 0 Å². The fraction of sp³-hybridized carbons (Fsp3) is 0.333. The van der Waals surface area contributed by atoms with Crippen LogP contribution in [0.15, 0.2) is 36.5 Å². The van der Waals surface area contributed by atoms with E-state index in [4.69, 9.17) is 27.9 Å². The molecule has 0 radical (unpaired) electrons. The second-order valence-corrected chi connectivity index (χ2v) is 6.72. The van der Waals surface area contributed by atoms with Gasteiger partial charge in [-0.1, -0.05) is 23.2 Å².